The van der Waals surface area contributed by atoms with E-state index in [4.69, 9.17) is 4.74 Å². The number of ether oxygens (including phenoxy) is 1. The van der Waals surface area contributed by atoms with Gasteiger partial charge in [-0.15, -0.1) is 0 Å². The molecule has 6 heteroatoms. The molecule has 5 nitrogen and oxygen atoms in total. The smallest absolute Gasteiger partial charge is 0.338 e. The lowest BCUT2D eigenvalue weighted by molar-refractivity contribution is 0.0319. The van der Waals surface area contributed by atoms with Gasteiger partial charge in [0, 0.05) is 21.3 Å². The number of amides is 1. The fraction of sp³-hybridized carbons (Fsp3) is 0.0870. The summed E-state index contributed by atoms with van der Waals surface area (Å²) < 4.78 is 6.16. The van der Waals surface area contributed by atoms with Gasteiger partial charge in [0.15, 0.2) is 6.10 Å². The number of carbonyl (C=O) groups excluding carboxylic acids is 3. The molecule has 0 unspecified atom stereocenters. The minimum atomic E-state index is -0.901. The topological polar surface area (TPSA) is 72.5 Å². The number of nitrogens with one attached hydrogen (secondary N) is 1. The van der Waals surface area contributed by atoms with Crippen molar-refractivity contribution in [3.05, 3.63) is 100 Å². The number of hydrogen-bond donors (Lipinski definition) is 1. The molecule has 0 fully saturated rings. The van der Waals surface area contributed by atoms with Crippen LogP contribution in [0.3, 0.4) is 0 Å². The first-order valence-corrected chi connectivity index (χ1v) is 9.70. The highest BCUT2D eigenvalue weighted by molar-refractivity contribution is 9.10. The number of hydrogen-bond acceptors (Lipinski definition) is 4. The molecule has 0 saturated heterocycles. The standard InChI is InChI=1S/C23H18BrNO4/c1-15(21(26)16-5-3-2-4-6-16)29-23(28)18-9-13-20(14-10-18)25-22(27)17-7-11-19(24)12-8-17/h2-15H,1H3,(H,25,27)/t15-/m0/s1. The number of esters is 1. The quantitative estimate of drug-likeness (QED) is 0.416. The summed E-state index contributed by atoms with van der Waals surface area (Å²) in [6.45, 7) is 1.54. The van der Waals surface area contributed by atoms with E-state index in [0.29, 0.717) is 22.4 Å². The second-order valence-corrected chi connectivity index (χ2v) is 7.23. The van der Waals surface area contributed by atoms with Crippen molar-refractivity contribution in [1.82, 2.24) is 0 Å². The number of benzene rings is 3. The van der Waals surface area contributed by atoms with Gasteiger partial charge < -0.3 is 10.1 Å². The average molecular weight is 452 g/mol. The van der Waals surface area contributed by atoms with Crippen LogP contribution in [-0.2, 0) is 4.74 Å². The van der Waals surface area contributed by atoms with Crippen LogP contribution in [0, 0.1) is 0 Å². The summed E-state index contributed by atoms with van der Waals surface area (Å²) in [5.74, 6) is -1.13. The summed E-state index contributed by atoms with van der Waals surface area (Å²) in [7, 11) is 0. The van der Waals surface area contributed by atoms with E-state index in [1.807, 2.05) is 6.07 Å². The fourth-order valence-electron chi connectivity index (χ4n) is 2.61. The van der Waals surface area contributed by atoms with E-state index < -0.39 is 12.1 Å². The number of ketones is 1. The van der Waals surface area contributed by atoms with Crippen molar-refractivity contribution in [2.24, 2.45) is 0 Å². The van der Waals surface area contributed by atoms with Crippen LogP contribution < -0.4 is 5.32 Å². The highest BCUT2D eigenvalue weighted by Crippen LogP contribution is 2.15. The van der Waals surface area contributed by atoms with E-state index in [9.17, 15) is 14.4 Å². The molecule has 29 heavy (non-hydrogen) atoms. The fourth-order valence-corrected chi connectivity index (χ4v) is 2.88. The van der Waals surface area contributed by atoms with Crippen molar-refractivity contribution in [2.45, 2.75) is 13.0 Å². The number of anilines is 1. The highest BCUT2D eigenvalue weighted by atomic mass is 79.9. The lowest BCUT2D eigenvalue weighted by Crippen LogP contribution is -2.24. The van der Waals surface area contributed by atoms with Gasteiger partial charge in [0.2, 0.25) is 5.78 Å². The van der Waals surface area contributed by atoms with Crippen LogP contribution in [0.1, 0.15) is 38.0 Å². The van der Waals surface area contributed by atoms with E-state index >= 15 is 0 Å². The zero-order valence-corrected chi connectivity index (χ0v) is 17.2. The second kappa shape index (κ2) is 9.30. The van der Waals surface area contributed by atoms with E-state index in [1.165, 1.54) is 0 Å². The predicted octanol–water partition coefficient (Wildman–Crippen LogP) is 5.13. The Bertz CT molecular complexity index is 1020. The van der Waals surface area contributed by atoms with Crippen molar-refractivity contribution in [2.75, 3.05) is 5.32 Å². The van der Waals surface area contributed by atoms with Crippen molar-refractivity contribution < 1.29 is 19.1 Å². The molecule has 0 bridgehead atoms. The molecule has 0 aliphatic carbocycles. The van der Waals surface area contributed by atoms with E-state index in [-0.39, 0.29) is 11.7 Å². The molecule has 1 atom stereocenters. The van der Waals surface area contributed by atoms with Crippen LogP contribution in [0.15, 0.2) is 83.3 Å². The molecule has 1 amide bonds. The van der Waals surface area contributed by atoms with Crippen LogP contribution in [0.4, 0.5) is 5.69 Å². The van der Waals surface area contributed by atoms with Crippen molar-refractivity contribution in [3.8, 4) is 0 Å². The van der Waals surface area contributed by atoms with Crippen LogP contribution in [0.2, 0.25) is 0 Å². The third-order valence-corrected chi connectivity index (χ3v) is 4.72. The normalized spacial score (nSPS) is 11.4. The van der Waals surface area contributed by atoms with Crippen LogP contribution in [0.25, 0.3) is 0 Å². The highest BCUT2D eigenvalue weighted by Gasteiger charge is 2.20. The summed E-state index contributed by atoms with van der Waals surface area (Å²) in [5.41, 5.74) is 1.84. The first-order chi connectivity index (χ1) is 13.9. The number of Topliss-reactive ketones (excluding diaryl/α,β-unsaturated/α-hetero) is 1. The van der Waals surface area contributed by atoms with Gasteiger partial charge in [-0.05, 0) is 55.5 Å². The van der Waals surface area contributed by atoms with E-state index in [2.05, 4.69) is 21.2 Å². The molecule has 3 rings (SSSR count). The number of halogens is 1. The molecule has 0 heterocycles. The summed E-state index contributed by atoms with van der Waals surface area (Å²) in [5, 5.41) is 2.76. The first-order valence-electron chi connectivity index (χ1n) is 8.91. The van der Waals surface area contributed by atoms with Gasteiger partial charge in [-0.2, -0.15) is 0 Å². The molecular formula is C23H18BrNO4. The van der Waals surface area contributed by atoms with Gasteiger partial charge in [0.1, 0.15) is 0 Å². The molecule has 0 saturated carbocycles. The van der Waals surface area contributed by atoms with Gasteiger partial charge in [-0.1, -0.05) is 46.3 Å². The van der Waals surface area contributed by atoms with Crippen LogP contribution in [0.5, 0.6) is 0 Å². The van der Waals surface area contributed by atoms with Crippen molar-refractivity contribution in [1.29, 1.82) is 0 Å². The molecule has 3 aromatic carbocycles. The molecular weight excluding hydrogens is 434 g/mol. The molecule has 0 aromatic heterocycles. The van der Waals surface area contributed by atoms with Crippen LogP contribution in [-0.4, -0.2) is 23.8 Å². The third-order valence-electron chi connectivity index (χ3n) is 4.20. The Morgan fingerprint density at radius 2 is 1.38 bits per heavy atom. The maximum atomic E-state index is 12.3. The van der Waals surface area contributed by atoms with Gasteiger partial charge in [0.05, 0.1) is 5.56 Å². The predicted molar refractivity (Wildman–Crippen MR) is 114 cm³/mol. The van der Waals surface area contributed by atoms with Gasteiger partial charge in [0.25, 0.3) is 5.91 Å². The second-order valence-electron chi connectivity index (χ2n) is 6.32. The Morgan fingerprint density at radius 3 is 2.00 bits per heavy atom. The molecule has 146 valence electrons. The SMILES string of the molecule is C[C@H](OC(=O)c1ccc(NC(=O)c2ccc(Br)cc2)cc1)C(=O)c1ccccc1. The molecule has 0 aliphatic rings. The minimum Gasteiger partial charge on any atom is -0.451 e. The number of rotatable bonds is 6. The molecule has 0 radical (unpaired) electrons. The van der Waals surface area contributed by atoms with Crippen molar-refractivity contribution in [3.63, 3.8) is 0 Å². The third kappa shape index (κ3) is 5.39. The Hall–Kier alpha value is -3.25. The summed E-state index contributed by atoms with van der Waals surface area (Å²) in [4.78, 5) is 36.9. The maximum absolute atomic E-state index is 12.3. The Labute approximate surface area is 176 Å². The first kappa shape index (κ1) is 20.5. The van der Waals surface area contributed by atoms with E-state index in [1.54, 1.807) is 79.7 Å². The lowest BCUT2D eigenvalue weighted by Gasteiger charge is -2.13. The van der Waals surface area contributed by atoms with E-state index in [0.717, 1.165) is 4.47 Å². The Kier molecular flexibility index (Phi) is 6.57. The maximum Gasteiger partial charge on any atom is 0.338 e. The van der Waals surface area contributed by atoms with Crippen molar-refractivity contribution >= 4 is 39.3 Å². The Balaban J connectivity index is 1.60. The Morgan fingerprint density at radius 1 is 0.793 bits per heavy atom. The van der Waals surface area contributed by atoms with Gasteiger partial charge >= 0.3 is 5.97 Å². The zero-order chi connectivity index (χ0) is 20.8. The molecule has 3 aromatic rings. The lowest BCUT2D eigenvalue weighted by atomic mass is 10.1. The number of carbonyl (C=O) groups is 3. The summed E-state index contributed by atoms with van der Waals surface area (Å²) >= 11 is 3.33. The zero-order valence-electron chi connectivity index (χ0n) is 15.6. The van der Waals surface area contributed by atoms with Gasteiger partial charge in [-0.3, -0.25) is 9.59 Å². The summed E-state index contributed by atoms with van der Waals surface area (Å²) in [6.07, 6.45) is -0.901. The molecule has 0 spiro atoms. The van der Waals surface area contributed by atoms with Gasteiger partial charge in [-0.25, -0.2) is 4.79 Å². The average Bonchev–Trinajstić information content (AvgIpc) is 2.74. The summed E-state index contributed by atoms with van der Waals surface area (Å²) in [6, 6.07) is 21.9. The molecule has 0 aliphatic heterocycles. The monoisotopic (exact) mass is 451 g/mol. The largest absolute Gasteiger partial charge is 0.451 e. The van der Waals surface area contributed by atoms with Crippen LogP contribution >= 0.6 is 15.9 Å². The molecule has 1 N–H and O–H groups in total. The minimum absolute atomic E-state index is 0.255.